The molecule has 3 rings (SSSR count). The van der Waals surface area contributed by atoms with Crippen LogP contribution in [-0.2, 0) is 11.3 Å². The van der Waals surface area contributed by atoms with Crippen molar-refractivity contribution in [1.82, 2.24) is 20.2 Å². The number of allylic oxidation sites excluding steroid dienone is 1. The smallest absolute Gasteiger partial charge is 0.237 e. The fraction of sp³-hybridized carbons (Fsp3) is 0.222. The number of fused-ring (bicyclic) bond motifs is 1. The van der Waals surface area contributed by atoms with E-state index in [1.54, 1.807) is 15.7 Å². The van der Waals surface area contributed by atoms with E-state index in [0.29, 0.717) is 18.2 Å². The molecule has 0 aliphatic rings. The average molecular weight is 353 g/mol. The van der Waals surface area contributed by atoms with E-state index in [2.05, 4.69) is 34.2 Å². The summed E-state index contributed by atoms with van der Waals surface area (Å²) in [7, 11) is 0. The molecule has 3 aromatic rings. The molecule has 0 atom stereocenters. The molecule has 0 unspecified atom stereocenters. The first kappa shape index (κ1) is 17.2. The van der Waals surface area contributed by atoms with Gasteiger partial charge in [-0.2, -0.15) is 0 Å². The molecule has 0 spiro atoms. The van der Waals surface area contributed by atoms with Crippen LogP contribution in [0.2, 0.25) is 0 Å². The fourth-order valence-corrected chi connectivity index (χ4v) is 3.43. The number of carbonyl (C=O) groups excluding carboxylic acids is 1. The zero-order chi connectivity index (χ0) is 17.6. The molecule has 2 aromatic carbocycles. The number of rotatable bonds is 7. The number of nitrogens with zero attached hydrogens (tertiary/aromatic N) is 5. The molecule has 0 N–H and O–H groups in total. The molecule has 0 saturated heterocycles. The van der Waals surface area contributed by atoms with E-state index in [4.69, 9.17) is 0 Å². The van der Waals surface area contributed by atoms with E-state index in [-0.39, 0.29) is 11.7 Å². The van der Waals surface area contributed by atoms with Crippen LogP contribution in [0.5, 0.6) is 0 Å². The second kappa shape index (κ2) is 7.94. The highest BCUT2D eigenvalue weighted by molar-refractivity contribution is 7.99. The molecule has 1 heterocycles. The van der Waals surface area contributed by atoms with Gasteiger partial charge in [0.05, 0.1) is 18.0 Å². The third kappa shape index (κ3) is 3.71. The minimum absolute atomic E-state index is 0.0250. The van der Waals surface area contributed by atoms with E-state index in [1.165, 1.54) is 11.8 Å². The number of amides is 1. The van der Waals surface area contributed by atoms with Crippen LogP contribution in [0.4, 0.5) is 5.69 Å². The Kier molecular flexibility index (Phi) is 5.45. The summed E-state index contributed by atoms with van der Waals surface area (Å²) < 4.78 is 1.62. The van der Waals surface area contributed by atoms with E-state index in [1.807, 2.05) is 37.3 Å². The summed E-state index contributed by atoms with van der Waals surface area (Å²) in [6, 6.07) is 14.1. The van der Waals surface area contributed by atoms with Crippen molar-refractivity contribution in [3.63, 3.8) is 0 Å². The van der Waals surface area contributed by atoms with Gasteiger partial charge in [0.15, 0.2) is 0 Å². The Hall–Kier alpha value is -2.67. The summed E-state index contributed by atoms with van der Waals surface area (Å²) in [5.74, 6) is 0.297. The maximum atomic E-state index is 12.8. The van der Waals surface area contributed by atoms with Gasteiger partial charge < -0.3 is 4.90 Å². The van der Waals surface area contributed by atoms with Gasteiger partial charge in [0.25, 0.3) is 0 Å². The van der Waals surface area contributed by atoms with Gasteiger partial charge >= 0.3 is 0 Å². The molecule has 0 radical (unpaired) electrons. The quantitative estimate of drug-likeness (QED) is 0.482. The van der Waals surface area contributed by atoms with Crippen molar-refractivity contribution >= 4 is 34.1 Å². The van der Waals surface area contributed by atoms with Crippen LogP contribution in [0.15, 0.2) is 60.3 Å². The molecule has 6 nitrogen and oxygen atoms in total. The molecule has 1 aromatic heterocycles. The van der Waals surface area contributed by atoms with Crippen LogP contribution in [0.3, 0.4) is 0 Å². The molecule has 25 heavy (non-hydrogen) atoms. The Bertz CT molecular complexity index is 887. The third-order valence-electron chi connectivity index (χ3n) is 3.80. The highest BCUT2D eigenvalue weighted by Crippen LogP contribution is 2.27. The number of carbonyl (C=O) groups is 1. The van der Waals surface area contributed by atoms with Gasteiger partial charge in [0.1, 0.15) is 0 Å². The SMILES string of the molecule is C=CCn1nnnc1SCC(=O)N(CC)c1cccc2ccccc12. The van der Waals surface area contributed by atoms with E-state index < -0.39 is 0 Å². The first-order valence-electron chi connectivity index (χ1n) is 8.02. The van der Waals surface area contributed by atoms with E-state index in [0.717, 1.165) is 16.5 Å². The van der Waals surface area contributed by atoms with Crippen LogP contribution in [0.25, 0.3) is 10.8 Å². The van der Waals surface area contributed by atoms with Crippen molar-refractivity contribution in [2.45, 2.75) is 18.6 Å². The molecule has 1 amide bonds. The molecule has 7 heteroatoms. The van der Waals surface area contributed by atoms with Crippen LogP contribution in [0, 0.1) is 0 Å². The summed E-state index contributed by atoms with van der Waals surface area (Å²) in [6.07, 6.45) is 1.72. The van der Waals surface area contributed by atoms with E-state index in [9.17, 15) is 4.79 Å². The standard InChI is InChI=1S/C18H19N5OS/c1-3-12-23-18(19-20-21-23)25-13-17(24)22(4-2)16-11-7-9-14-8-5-6-10-15(14)16/h3,5-11H,1,4,12-13H2,2H3. The number of hydrogen-bond acceptors (Lipinski definition) is 5. The summed E-state index contributed by atoms with van der Waals surface area (Å²) in [5.41, 5.74) is 0.928. The Morgan fingerprint density at radius 3 is 2.88 bits per heavy atom. The zero-order valence-corrected chi connectivity index (χ0v) is 14.8. The lowest BCUT2D eigenvalue weighted by Gasteiger charge is -2.22. The Morgan fingerprint density at radius 1 is 1.28 bits per heavy atom. The molecule has 0 aliphatic carbocycles. The van der Waals surface area contributed by atoms with Gasteiger partial charge in [-0.25, -0.2) is 4.68 Å². The Labute approximate surface area is 150 Å². The lowest BCUT2D eigenvalue weighted by Crippen LogP contribution is -2.32. The maximum Gasteiger partial charge on any atom is 0.237 e. The molecule has 0 aliphatic heterocycles. The van der Waals surface area contributed by atoms with Gasteiger partial charge in [0, 0.05) is 11.9 Å². The predicted octanol–water partition coefficient (Wildman–Crippen LogP) is 3.16. The van der Waals surface area contributed by atoms with Gasteiger partial charge in [0.2, 0.25) is 11.1 Å². The number of benzene rings is 2. The lowest BCUT2D eigenvalue weighted by molar-refractivity contribution is -0.116. The Balaban J connectivity index is 1.79. The van der Waals surface area contributed by atoms with Gasteiger partial charge in [-0.05, 0) is 28.8 Å². The molecule has 0 fully saturated rings. The highest BCUT2D eigenvalue weighted by Gasteiger charge is 2.18. The highest BCUT2D eigenvalue weighted by atomic mass is 32.2. The lowest BCUT2D eigenvalue weighted by atomic mass is 10.1. The molecule has 0 saturated carbocycles. The van der Waals surface area contributed by atoms with Crippen molar-refractivity contribution in [2.75, 3.05) is 17.2 Å². The van der Waals surface area contributed by atoms with Crippen LogP contribution in [0.1, 0.15) is 6.92 Å². The summed E-state index contributed by atoms with van der Waals surface area (Å²) in [5, 5.41) is 14.3. The van der Waals surface area contributed by atoms with E-state index >= 15 is 0 Å². The number of tetrazole rings is 1. The predicted molar refractivity (Wildman–Crippen MR) is 101 cm³/mol. The summed E-state index contributed by atoms with van der Waals surface area (Å²) in [6.45, 7) is 6.78. The normalized spacial score (nSPS) is 10.8. The van der Waals surface area contributed by atoms with Crippen LogP contribution < -0.4 is 4.90 Å². The first-order chi connectivity index (χ1) is 12.2. The first-order valence-corrected chi connectivity index (χ1v) is 9.01. The number of anilines is 1. The fourth-order valence-electron chi connectivity index (χ4n) is 2.67. The topological polar surface area (TPSA) is 63.9 Å². The molecule has 0 bridgehead atoms. The van der Waals surface area contributed by atoms with Crippen molar-refractivity contribution in [3.05, 3.63) is 55.1 Å². The molecular weight excluding hydrogens is 334 g/mol. The minimum atomic E-state index is 0.0250. The maximum absolute atomic E-state index is 12.8. The largest absolute Gasteiger partial charge is 0.311 e. The Morgan fingerprint density at radius 2 is 2.08 bits per heavy atom. The average Bonchev–Trinajstić information content (AvgIpc) is 3.08. The minimum Gasteiger partial charge on any atom is -0.311 e. The van der Waals surface area contributed by atoms with Gasteiger partial charge in [-0.1, -0.05) is 54.2 Å². The van der Waals surface area contributed by atoms with Crippen LogP contribution >= 0.6 is 11.8 Å². The van der Waals surface area contributed by atoms with Crippen molar-refractivity contribution in [3.8, 4) is 0 Å². The van der Waals surface area contributed by atoms with Gasteiger partial charge in [-0.15, -0.1) is 11.7 Å². The van der Waals surface area contributed by atoms with Crippen molar-refractivity contribution in [2.24, 2.45) is 0 Å². The zero-order valence-electron chi connectivity index (χ0n) is 14.0. The summed E-state index contributed by atoms with van der Waals surface area (Å²) >= 11 is 1.33. The monoisotopic (exact) mass is 353 g/mol. The number of thioether (sulfide) groups is 1. The second-order valence-electron chi connectivity index (χ2n) is 5.36. The summed E-state index contributed by atoms with van der Waals surface area (Å²) in [4.78, 5) is 14.6. The third-order valence-corrected chi connectivity index (χ3v) is 4.74. The van der Waals surface area contributed by atoms with Crippen molar-refractivity contribution < 1.29 is 4.79 Å². The molecular formula is C18H19N5OS. The van der Waals surface area contributed by atoms with Crippen molar-refractivity contribution in [1.29, 1.82) is 0 Å². The number of hydrogen-bond donors (Lipinski definition) is 0. The molecule has 128 valence electrons. The van der Waals surface area contributed by atoms with Crippen LogP contribution in [-0.4, -0.2) is 38.4 Å². The van der Waals surface area contributed by atoms with Gasteiger partial charge in [-0.3, -0.25) is 4.79 Å². The second-order valence-corrected chi connectivity index (χ2v) is 6.30. The number of aromatic nitrogens is 4.